The van der Waals surface area contributed by atoms with Crippen molar-refractivity contribution in [3.05, 3.63) is 59.7 Å². The number of hydrogen-bond donors (Lipinski definition) is 0. The normalized spacial score (nSPS) is 23.2. The van der Waals surface area contributed by atoms with Crippen molar-refractivity contribution in [2.75, 3.05) is 29.4 Å². The average molecular weight is 446 g/mol. The summed E-state index contributed by atoms with van der Waals surface area (Å²) in [7, 11) is 0. The molecular weight excluding hydrogens is 414 g/mol. The van der Waals surface area contributed by atoms with Gasteiger partial charge >= 0.3 is 0 Å². The fourth-order valence-corrected chi connectivity index (χ4v) is 5.55. The monoisotopic (exact) mass is 445 g/mol. The maximum atomic E-state index is 13.3. The molecule has 0 N–H and O–H groups in total. The maximum Gasteiger partial charge on any atom is 0.230 e. The first kappa shape index (κ1) is 21.7. The van der Waals surface area contributed by atoms with Gasteiger partial charge in [-0.1, -0.05) is 35.9 Å². The number of anilines is 2. The number of carbonyl (C=O) groups is 3. The number of aryl methyl sites for hydroxylation is 1. The fourth-order valence-electron chi connectivity index (χ4n) is 5.55. The van der Waals surface area contributed by atoms with Gasteiger partial charge in [0, 0.05) is 49.4 Å². The average Bonchev–Trinajstić information content (AvgIpc) is 3.38. The summed E-state index contributed by atoms with van der Waals surface area (Å²) in [6.07, 6.45) is 2.51. The lowest BCUT2D eigenvalue weighted by Crippen LogP contribution is -2.47. The zero-order chi connectivity index (χ0) is 23.1. The largest absolute Gasteiger partial charge is 0.342 e. The van der Waals surface area contributed by atoms with Gasteiger partial charge in [-0.15, -0.1) is 0 Å². The smallest absolute Gasteiger partial charge is 0.230 e. The molecule has 0 bridgehead atoms. The Morgan fingerprint density at radius 1 is 0.879 bits per heavy atom. The molecule has 2 atom stereocenters. The molecule has 3 heterocycles. The van der Waals surface area contributed by atoms with E-state index >= 15 is 0 Å². The van der Waals surface area contributed by atoms with Crippen LogP contribution in [0.1, 0.15) is 37.3 Å². The molecule has 3 aliphatic rings. The molecule has 172 valence electrons. The highest BCUT2D eigenvalue weighted by molar-refractivity contribution is 6.00. The molecule has 6 nitrogen and oxygen atoms in total. The van der Waals surface area contributed by atoms with E-state index < -0.39 is 0 Å². The highest BCUT2D eigenvalue weighted by Gasteiger charge is 2.40. The molecule has 6 heteroatoms. The summed E-state index contributed by atoms with van der Waals surface area (Å²) in [5.41, 5.74) is 4.26. The molecule has 0 saturated carbocycles. The Kier molecular flexibility index (Phi) is 5.69. The molecule has 3 aliphatic heterocycles. The lowest BCUT2D eigenvalue weighted by molar-refractivity contribution is -0.138. The number of nitrogens with zero attached hydrogens (tertiary/aromatic N) is 3. The van der Waals surface area contributed by atoms with Crippen LogP contribution in [0.2, 0.25) is 0 Å². The Morgan fingerprint density at radius 3 is 2.30 bits per heavy atom. The van der Waals surface area contributed by atoms with E-state index in [1.807, 2.05) is 59.2 Å². The maximum absolute atomic E-state index is 13.3. The van der Waals surface area contributed by atoms with Crippen molar-refractivity contribution in [2.45, 2.75) is 45.6 Å². The summed E-state index contributed by atoms with van der Waals surface area (Å²) < 4.78 is 0. The lowest BCUT2D eigenvalue weighted by Gasteiger charge is -2.35. The predicted molar refractivity (Wildman–Crippen MR) is 128 cm³/mol. The van der Waals surface area contributed by atoms with Crippen LogP contribution < -0.4 is 9.80 Å². The number of benzene rings is 2. The van der Waals surface area contributed by atoms with Gasteiger partial charge in [-0.3, -0.25) is 14.4 Å². The fraction of sp³-hybridized carbons (Fsp3) is 0.444. The third-order valence-electron chi connectivity index (χ3n) is 7.42. The molecular formula is C27H31N3O3. The van der Waals surface area contributed by atoms with E-state index in [1.165, 1.54) is 5.56 Å². The Hall–Kier alpha value is -3.15. The Balaban J connectivity index is 1.19. The molecule has 0 spiro atoms. The number of likely N-dealkylation sites (tertiary alicyclic amines) is 1. The molecule has 2 aromatic rings. The number of fused-ring (bicyclic) bond motifs is 1. The molecule has 5 rings (SSSR count). The summed E-state index contributed by atoms with van der Waals surface area (Å²) in [5, 5.41) is 0. The zero-order valence-corrected chi connectivity index (χ0v) is 19.4. The number of hydrogen-bond acceptors (Lipinski definition) is 3. The van der Waals surface area contributed by atoms with E-state index in [2.05, 4.69) is 13.0 Å². The molecule has 2 fully saturated rings. The summed E-state index contributed by atoms with van der Waals surface area (Å²) in [5.74, 6) is -0.137. The van der Waals surface area contributed by atoms with Gasteiger partial charge in [0.2, 0.25) is 17.7 Å². The van der Waals surface area contributed by atoms with Crippen molar-refractivity contribution in [3.63, 3.8) is 0 Å². The first-order valence-corrected chi connectivity index (χ1v) is 12.0. The minimum Gasteiger partial charge on any atom is -0.342 e. The van der Waals surface area contributed by atoms with Crippen LogP contribution in [0.4, 0.5) is 11.4 Å². The van der Waals surface area contributed by atoms with Crippen LogP contribution in [0.3, 0.4) is 0 Å². The van der Waals surface area contributed by atoms with E-state index in [1.54, 1.807) is 4.90 Å². The van der Waals surface area contributed by atoms with Crippen molar-refractivity contribution in [2.24, 2.45) is 11.8 Å². The van der Waals surface area contributed by atoms with Crippen LogP contribution >= 0.6 is 0 Å². The van der Waals surface area contributed by atoms with Gasteiger partial charge in [-0.25, -0.2) is 0 Å². The number of para-hydroxylation sites is 1. The second-order valence-electron chi connectivity index (χ2n) is 9.73. The third kappa shape index (κ3) is 4.03. The predicted octanol–water partition coefficient (Wildman–Crippen LogP) is 3.56. The van der Waals surface area contributed by atoms with Gasteiger partial charge in [0.15, 0.2) is 0 Å². The first-order valence-electron chi connectivity index (χ1n) is 12.0. The minimum atomic E-state index is -0.309. The van der Waals surface area contributed by atoms with Crippen molar-refractivity contribution >= 4 is 29.1 Å². The number of rotatable bonds is 3. The first-order chi connectivity index (χ1) is 15.9. The molecule has 0 aromatic heterocycles. The quantitative estimate of drug-likeness (QED) is 0.726. The van der Waals surface area contributed by atoms with E-state index in [4.69, 9.17) is 0 Å². The topological polar surface area (TPSA) is 60.9 Å². The number of amides is 3. The minimum absolute atomic E-state index is 0.00366. The highest BCUT2D eigenvalue weighted by Crippen LogP contribution is 2.35. The molecule has 2 aromatic carbocycles. The Labute approximate surface area is 195 Å². The van der Waals surface area contributed by atoms with Gasteiger partial charge in [-0.2, -0.15) is 0 Å². The van der Waals surface area contributed by atoms with Gasteiger partial charge in [-0.05, 0) is 56.9 Å². The number of carbonyl (C=O) groups excluding carboxylic acids is 3. The van der Waals surface area contributed by atoms with Gasteiger partial charge in [0.1, 0.15) is 0 Å². The van der Waals surface area contributed by atoms with Crippen molar-refractivity contribution in [3.8, 4) is 0 Å². The standard InChI is InChI=1S/C27H31N3O3/c1-18-7-9-23(10-8-18)29-17-22(16-25(29)31)26(32)28-13-11-20(12-14-28)27(33)30-19(2)15-21-5-3-4-6-24(21)30/h3-10,19-20,22H,11-17H2,1-2H3/t19-,22-/m1/s1. The molecule has 2 saturated heterocycles. The molecule has 3 amide bonds. The summed E-state index contributed by atoms with van der Waals surface area (Å²) in [4.78, 5) is 44.7. The SMILES string of the molecule is Cc1ccc(N2C[C@H](C(=O)N3CCC(C(=O)N4c5ccccc5C[C@H]4C)CC3)CC2=O)cc1. The van der Waals surface area contributed by atoms with Gasteiger partial charge < -0.3 is 14.7 Å². The van der Waals surface area contributed by atoms with Crippen molar-refractivity contribution < 1.29 is 14.4 Å². The summed E-state index contributed by atoms with van der Waals surface area (Å²) >= 11 is 0. The van der Waals surface area contributed by atoms with E-state index in [0.29, 0.717) is 32.5 Å². The van der Waals surface area contributed by atoms with Crippen molar-refractivity contribution in [1.82, 2.24) is 4.90 Å². The molecule has 0 unspecified atom stereocenters. The van der Waals surface area contributed by atoms with E-state index in [-0.39, 0.29) is 42.0 Å². The summed E-state index contributed by atoms with van der Waals surface area (Å²) in [6, 6.07) is 16.2. The van der Waals surface area contributed by atoms with Crippen LogP contribution in [0.15, 0.2) is 48.5 Å². The molecule has 0 aliphatic carbocycles. The third-order valence-corrected chi connectivity index (χ3v) is 7.42. The Morgan fingerprint density at radius 2 is 1.58 bits per heavy atom. The molecule has 0 radical (unpaired) electrons. The number of piperidine rings is 1. The zero-order valence-electron chi connectivity index (χ0n) is 19.4. The lowest BCUT2D eigenvalue weighted by atomic mass is 9.93. The Bertz CT molecular complexity index is 1070. The van der Waals surface area contributed by atoms with Gasteiger partial charge in [0.05, 0.1) is 5.92 Å². The second kappa shape index (κ2) is 8.65. The van der Waals surface area contributed by atoms with E-state index in [0.717, 1.165) is 23.4 Å². The van der Waals surface area contributed by atoms with Crippen molar-refractivity contribution in [1.29, 1.82) is 0 Å². The summed E-state index contributed by atoms with van der Waals surface area (Å²) in [6.45, 7) is 5.71. The molecule has 33 heavy (non-hydrogen) atoms. The highest BCUT2D eigenvalue weighted by atomic mass is 16.2. The second-order valence-corrected chi connectivity index (χ2v) is 9.73. The van der Waals surface area contributed by atoms with Crippen LogP contribution in [-0.2, 0) is 20.8 Å². The van der Waals surface area contributed by atoms with Crippen LogP contribution in [0, 0.1) is 18.8 Å². The van der Waals surface area contributed by atoms with E-state index in [9.17, 15) is 14.4 Å². The van der Waals surface area contributed by atoms with Crippen LogP contribution in [0.5, 0.6) is 0 Å². The van der Waals surface area contributed by atoms with Gasteiger partial charge in [0.25, 0.3) is 0 Å². The van der Waals surface area contributed by atoms with Crippen LogP contribution in [0.25, 0.3) is 0 Å². The van der Waals surface area contributed by atoms with Crippen LogP contribution in [-0.4, -0.2) is 48.3 Å².